The Morgan fingerprint density at radius 1 is 0.937 bits per heavy atom. The van der Waals surface area contributed by atoms with E-state index in [2.05, 4.69) is 10.6 Å². The summed E-state index contributed by atoms with van der Waals surface area (Å²) < 4.78 is 58.9. The Hall–Kier alpha value is -4.49. The minimum atomic E-state index is -1.63. The molecule has 1 aliphatic carbocycles. The van der Waals surface area contributed by atoms with Crippen molar-refractivity contribution in [2.75, 3.05) is 59.7 Å². The van der Waals surface area contributed by atoms with Crippen LogP contribution < -0.4 is 16.1 Å². The summed E-state index contributed by atoms with van der Waals surface area (Å²) >= 11 is 0. The Bertz CT molecular complexity index is 2530. The van der Waals surface area contributed by atoms with Crippen LogP contribution in [0, 0.1) is 17.8 Å². The molecule has 5 aliphatic rings. The molecule has 1 aromatic carbocycles. The quantitative estimate of drug-likeness (QED) is 0.0786. The number of carboxylic acid groups (broad SMARTS) is 1. The predicted molar refractivity (Wildman–Crippen MR) is 291 cm³/mol. The molecule has 5 heterocycles. The lowest BCUT2D eigenvalue weighted by atomic mass is 9.77. The molecule has 0 spiro atoms. The molecule has 22 heteroatoms. The third-order valence-corrected chi connectivity index (χ3v) is 17.2. The summed E-state index contributed by atoms with van der Waals surface area (Å²) in [6.07, 6.45) is -5.78. The minimum Gasteiger partial charge on any atom is -0.477 e. The largest absolute Gasteiger partial charge is 0.509 e. The topological polar surface area (TPSA) is 265 Å². The highest BCUT2D eigenvalue weighted by Crippen LogP contribution is 2.43. The van der Waals surface area contributed by atoms with Gasteiger partial charge in [-0.3, -0.25) is 19.3 Å². The van der Waals surface area contributed by atoms with Crippen molar-refractivity contribution in [2.24, 2.45) is 17.8 Å². The van der Waals surface area contributed by atoms with Gasteiger partial charge in [-0.25, -0.2) is 9.59 Å². The Balaban J connectivity index is 1.07. The number of aliphatic hydroxyl groups excluding tert-OH is 1. The summed E-state index contributed by atoms with van der Waals surface area (Å²) in [4.78, 5) is 70.2. The van der Waals surface area contributed by atoms with Gasteiger partial charge in [-0.2, -0.15) is 0 Å². The molecular weight excluding hydrogens is 1030 g/mol. The number of esters is 2. The van der Waals surface area contributed by atoms with Gasteiger partial charge in [0.25, 0.3) is 0 Å². The first-order valence-electron chi connectivity index (χ1n) is 28.2. The highest BCUT2D eigenvalue weighted by molar-refractivity contribution is 5.93. The highest BCUT2D eigenvalue weighted by atomic mass is 16.8. The summed E-state index contributed by atoms with van der Waals surface area (Å²) in [6, 6.07) is 4.81. The normalized spacial score (nSPS) is 38.0. The van der Waals surface area contributed by atoms with Crippen molar-refractivity contribution in [3.05, 3.63) is 40.2 Å². The summed E-state index contributed by atoms with van der Waals surface area (Å²) in [7, 11) is 7.17. The maximum atomic E-state index is 14.8. The van der Waals surface area contributed by atoms with Crippen LogP contribution in [0.4, 0.5) is 10.5 Å². The average Bonchev–Trinajstić information content (AvgIpc) is 4.30. The summed E-state index contributed by atoms with van der Waals surface area (Å²) in [5.74, 6) is -4.52. The van der Waals surface area contributed by atoms with Crippen molar-refractivity contribution in [3.63, 3.8) is 0 Å². The zero-order valence-electron chi connectivity index (χ0n) is 48.7. The predicted octanol–water partition coefficient (Wildman–Crippen LogP) is 5.07. The van der Waals surface area contributed by atoms with Crippen molar-refractivity contribution in [1.82, 2.24) is 19.7 Å². The second kappa shape index (κ2) is 25.3. The van der Waals surface area contributed by atoms with Crippen LogP contribution in [0.1, 0.15) is 131 Å². The Morgan fingerprint density at radius 2 is 1.65 bits per heavy atom. The molecular formula is C57H89N5O17. The zero-order valence-corrected chi connectivity index (χ0v) is 48.7. The first-order valence-corrected chi connectivity index (χ1v) is 28.2. The lowest BCUT2D eigenvalue weighted by Crippen LogP contribution is -2.61. The van der Waals surface area contributed by atoms with Crippen molar-refractivity contribution in [2.45, 2.75) is 211 Å². The fraction of sp³-hybridized carbons (Fsp3) is 0.772. The van der Waals surface area contributed by atoms with E-state index >= 15 is 0 Å². The van der Waals surface area contributed by atoms with E-state index in [0.29, 0.717) is 42.6 Å². The fourth-order valence-corrected chi connectivity index (χ4v) is 12.6. The standard InChI is InChI=1S/C57H89N5O17/c1-15-42-57(10)49(78-54(69)79-57)34(6)61(13)28-30(2)26-55(8,70)48(77-53-46(65)41(60(11)12)24-31(3)72-53)32(4)47(33(5)52(68)74-42)76-44-27-56(9,71-14)50(35(7)73-44)75-43(63)20-21-58-22-23-59-36-16-19-40-38(25-36)45(64)39(51(66)67)29-62(40)37-17-18-37/h16,19,25,29-35,37,41-42,44,46-50,53,58-59,65,70H,15,17-18,20-24,26-28H2,1-14H3,(H,66,67)/t30-,31-,32+,33-,34-,35+,41+,42-,44+,46-,47+,48-,49-,50+,53+,55-,56-,57-/m1/s1. The Kier molecular flexibility index (Phi) is 19.9. The maximum Gasteiger partial charge on any atom is 0.509 e. The fourth-order valence-electron chi connectivity index (χ4n) is 12.6. The summed E-state index contributed by atoms with van der Waals surface area (Å²) in [5.41, 5.74) is -3.60. The van der Waals surface area contributed by atoms with Gasteiger partial charge >= 0.3 is 24.1 Å². The first-order chi connectivity index (χ1) is 37.1. The SMILES string of the molecule is CC[C@H]1OC(=O)[C@H](C)[C@@H](O[C@H]2C[C@@](C)(OC)[C@@H](OC(=O)CCNCCNc3ccc4c(c3)c(=O)c(C(=O)O)cn4C3CC3)[C@H](C)O2)[C@H](C)[C@@H](O[C@@H]2O[C@H](C)C[C@H](N(C)C)[C@H]2O)[C@](C)(O)C[C@@H](C)CN(C)[C@H](C)[C@H]2OC(=O)O[C@@]21C. The number of methoxy groups -OCH3 is 1. The summed E-state index contributed by atoms with van der Waals surface area (Å²) in [6.45, 7) is 19.7. The number of hydrogen-bond acceptors (Lipinski definition) is 20. The molecule has 0 radical (unpaired) electrons. The van der Waals surface area contributed by atoms with Gasteiger partial charge in [-0.05, 0) is 126 Å². The van der Waals surface area contributed by atoms with Gasteiger partial charge < -0.3 is 78.1 Å². The molecule has 5 N–H and O–H groups in total. The number of carbonyl (C=O) groups excluding carboxylic acids is 3. The van der Waals surface area contributed by atoms with Crippen molar-refractivity contribution >= 4 is 40.7 Å². The maximum absolute atomic E-state index is 14.8. The number of ether oxygens (including phenoxy) is 9. The molecule has 444 valence electrons. The average molecular weight is 1120 g/mol. The molecule has 1 saturated carbocycles. The smallest absolute Gasteiger partial charge is 0.477 e. The van der Waals surface area contributed by atoms with Crippen molar-refractivity contribution < 1.29 is 77.1 Å². The van der Waals surface area contributed by atoms with Gasteiger partial charge in [0.15, 0.2) is 30.4 Å². The first kappa shape index (κ1) is 62.1. The lowest BCUT2D eigenvalue weighted by Gasteiger charge is -2.49. The third kappa shape index (κ3) is 13.9. The van der Waals surface area contributed by atoms with Crippen LogP contribution in [0.3, 0.4) is 0 Å². The van der Waals surface area contributed by atoms with E-state index < -0.39 is 119 Å². The number of nitrogens with zero attached hydrogens (tertiary/aromatic N) is 3. The number of rotatable bonds is 17. The number of anilines is 1. The number of carbonyl (C=O) groups is 4. The minimum absolute atomic E-state index is 0.0171. The molecule has 0 unspecified atom stereocenters. The number of fused-ring (bicyclic) bond motifs is 2. The van der Waals surface area contributed by atoms with E-state index in [4.69, 9.17) is 42.6 Å². The van der Waals surface area contributed by atoms with E-state index in [-0.39, 0.29) is 61.9 Å². The van der Waals surface area contributed by atoms with Crippen LogP contribution in [-0.4, -0.2) is 198 Å². The molecule has 1 aromatic heterocycles. The lowest BCUT2D eigenvalue weighted by molar-refractivity contribution is -0.318. The van der Waals surface area contributed by atoms with Crippen LogP contribution >= 0.6 is 0 Å². The summed E-state index contributed by atoms with van der Waals surface area (Å²) in [5, 5.41) is 41.2. The molecule has 4 saturated heterocycles. The van der Waals surface area contributed by atoms with Crippen LogP contribution in [0.5, 0.6) is 0 Å². The van der Waals surface area contributed by atoms with Crippen LogP contribution in [-0.2, 0) is 52.2 Å². The van der Waals surface area contributed by atoms with Crippen molar-refractivity contribution in [3.8, 4) is 0 Å². The van der Waals surface area contributed by atoms with E-state index in [0.717, 1.165) is 12.8 Å². The second-order valence-corrected chi connectivity index (χ2v) is 24.0. The number of cyclic esters (lactones) is 1. The Morgan fingerprint density at radius 3 is 2.29 bits per heavy atom. The monoisotopic (exact) mass is 1120 g/mol. The number of hydrogen-bond donors (Lipinski definition) is 5. The van der Waals surface area contributed by atoms with Gasteiger partial charge in [0, 0.05) is 81.0 Å². The third-order valence-electron chi connectivity index (χ3n) is 17.2. The molecule has 0 bridgehead atoms. The van der Waals surface area contributed by atoms with E-state index in [9.17, 15) is 39.3 Å². The van der Waals surface area contributed by atoms with Gasteiger partial charge in [0.2, 0.25) is 5.43 Å². The number of pyridine rings is 1. The number of carboxylic acids is 1. The molecule has 5 fully saturated rings. The number of aromatic nitrogens is 1. The van der Waals surface area contributed by atoms with E-state index in [1.54, 1.807) is 40.7 Å². The number of benzene rings is 1. The van der Waals surface area contributed by atoms with E-state index in [1.807, 2.05) is 82.3 Å². The number of nitrogens with one attached hydrogen (secondary N) is 2. The highest BCUT2D eigenvalue weighted by Gasteiger charge is 2.58. The van der Waals surface area contributed by atoms with Gasteiger partial charge in [-0.1, -0.05) is 20.8 Å². The van der Waals surface area contributed by atoms with Crippen LogP contribution in [0.25, 0.3) is 10.9 Å². The molecule has 2 aromatic rings. The second-order valence-electron chi connectivity index (χ2n) is 24.0. The number of likely N-dealkylation sites (N-methyl/N-ethyl adjacent to an activating group) is 2. The number of aromatic carboxylic acids is 1. The molecule has 4 aliphatic heterocycles. The van der Waals surface area contributed by atoms with Crippen LogP contribution in [0.2, 0.25) is 0 Å². The van der Waals surface area contributed by atoms with E-state index in [1.165, 1.54) is 13.3 Å². The van der Waals surface area contributed by atoms with Crippen LogP contribution in [0.15, 0.2) is 29.2 Å². The molecule has 0 amide bonds. The molecule has 79 heavy (non-hydrogen) atoms. The van der Waals surface area contributed by atoms with Gasteiger partial charge in [0.1, 0.15) is 23.4 Å². The zero-order chi connectivity index (χ0) is 58.1. The molecule has 7 rings (SSSR count). The Labute approximate surface area is 464 Å². The molecule has 18 atom stereocenters. The van der Waals surface area contributed by atoms with Gasteiger partial charge in [0.05, 0.1) is 47.9 Å². The molecule has 22 nitrogen and oxygen atoms in total. The van der Waals surface area contributed by atoms with Crippen molar-refractivity contribution in [1.29, 1.82) is 0 Å². The number of aliphatic hydroxyl groups is 2. The van der Waals surface area contributed by atoms with Gasteiger partial charge in [-0.15, -0.1) is 0 Å².